The molecule has 0 spiro atoms. The van der Waals surface area contributed by atoms with Crippen molar-refractivity contribution in [2.75, 3.05) is 20.1 Å². The Hall–Kier alpha value is -0.0800. The highest BCUT2D eigenvalue weighted by Crippen LogP contribution is 2.26. The van der Waals surface area contributed by atoms with Gasteiger partial charge in [0.1, 0.15) is 0 Å². The van der Waals surface area contributed by atoms with E-state index in [9.17, 15) is 0 Å². The molecule has 64 valence electrons. The summed E-state index contributed by atoms with van der Waals surface area (Å²) in [6.45, 7) is 4.96. The second kappa shape index (κ2) is 2.76. The molecule has 2 rings (SSSR count). The van der Waals surface area contributed by atoms with E-state index >= 15 is 0 Å². The Bertz CT molecular complexity index is 146. The van der Waals surface area contributed by atoms with Crippen molar-refractivity contribution < 1.29 is 0 Å². The van der Waals surface area contributed by atoms with E-state index in [4.69, 9.17) is 0 Å². The van der Waals surface area contributed by atoms with E-state index in [1.54, 1.807) is 0 Å². The van der Waals surface area contributed by atoms with E-state index < -0.39 is 0 Å². The van der Waals surface area contributed by atoms with Crippen LogP contribution >= 0.6 is 0 Å². The topological polar surface area (TPSA) is 6.48 Å². The van der Waals surface area contributed by atoms with E-state index in [1.165, 1.54) is 32.4 Å². The molecule has 0 bridgehead atoms. The summed E-state index contributed by atoms with van der Waals surface area (Å²) in [4.78, 5) is 5.16. The Morgan fingerprint density at radius 1 is 1.27 bits per heavy atom. The van der Waals surface area contributed by atoms with Crippen LogP contribution in [0, 0.1) is 0 Å². The summed E-state index contributed by atoms with van der Waals surface area (Å²) >= 11 is 0. The number of likely N-dealkylation sites (N-methyl/N-ethyl adjacent to an activating group) is 1. The van der Waals surface area contributed by atoms with Crippen LogP contribution in [-0.2, 0) is 0 Å². The minimum atomic E-state index is 0.776. The lowest BCUT2D eigenvalue weighted by Crippen LogP contribution is -2.40. The second-order valence-electron chi connectivity index (χ2n) is 3.99. The van der Waals surface area contributed by atoms with Crippen molar-refractivity contribution in [3.8, 4) is 0 Å². The maximum absolute atomic E-state index is 2.63. The molecule has 2 atom stereocenters. The number of piperidine rings is 1. The molecule has 0 aromatic rings. The van der Waals surface area contributed by atoms with Gasteiger partial charge in [-0.15, -0.1) is 0 Å². The summed E-state index contributed by atoms with van der Waals surface area (Å²) in [6, 6.07) is 0.776. The van der Waals surface area contributed by atoms with Crippen LogP contribution in [0.25, 0.3) is 0 Å². The molecule has 11 heavy (non-hydrogen) atoms. The molecule has 0 amide bonds. The average Bonchev–Trinajstić information content (AvgIpc) is 2.30. The fourth-order valence-electron chi connectivity index (χ4n) is 2.41. The smallest absolute Gasteiger partial charge is 0.0623 e. The van der Waals surface area contributed by atoms with Gasteiger partial charge in [-0.3, -0.25) is 9.80 Å². The first kappa shape index (κ1) is 7.56. The van der Waals surface area contributed by atoms with E-state index in [2.05, 4.69) is 23.8 Å². The lowest BCUT2D eigenvalue weighted by atomic mass is 10.1. The standard InChI is InChI=1S/C9H18N2/c1-8-7-11-6-4-3-5-9(11)10(8)2/h8-9H,3-7H2,1-2H3. The van der Waals surface area contributed by atoms with E-state index in [0.717, 1.165) is 12.2 Å². The molecule has 2 heterocycles. The number of fused-ring (bicyclic) bond motifs is 1. The van der Waals surface area contributed by atoms with Gasteiger partial charge in [0, 0.05) is 12.6 Å². The van der Waals surface area contributed by atoms with Crippen molar-refractivity contribution in [2.24, 2.45) is 0 Å². The summed E-state index contributed by atoms with van der Waals surface area (Å²) in [5, 5.41) is 0. The summed E-state index contributed by atoms with van der Waals surface area (Å²) in [6.07, 6.45) is 5.01. The van der Waals surface area contributed by atoms with Gasteiger partial charge < -0.3 is 0 Å². The largest absolute Gasteiger partial charge is 0.287 e. The first-order valence-electron chi connectivity index (χ1n) is 4.75. The quantitative estimate of drug-likeness (QED) is 0.516. The van der Waals surface area contributed by atoms with Gasteiger partial charge in [0.15, 0.2) is 0 Å². The Kier molecular flexibility index (Phi) is 1.90. The average molecular weight is 154 g/mol. The molecule has 0 N–H and O–H groups in total. The highest BCUT2D eigenvalue weighted by atomic mass is 15.4. The lowest BCUT2D eigenvalue weighted by molar-refractivity contribution is 0.109. The molecule has 2 aliphatic rings. The Balaban J connectivity index is 2.05. The van der Waals surface area contributed by atoms with Crippen molar-refractivity contribution in [2.45, 2.75) is 38.4 Å². The van der Waals surface area contributed by atoms with Gasteiger partial charge in [-0.25, -0.2) is 0 Å². The van der Waals surface area contributed by atoms with Crippen molar-refractivity contribution in [3.05, 3.63) is 0 Å². The van der Waals surface area contributed by atoms with Gasteiger partial charge in [0.25, 0.3) is 0 Å². The first-order valence-corrected chi connectivity index (χ1v) is 4.75. The molecule has 0 aromatic heterocycles. The molecule has 2 unspecified atom stereocenters. The molecule has 0 aliphatic carbocycles. The lowest BCUT2D eigenvalue weighted by Gasteiger charge is -2.32. The zero-order chi connectivity index (χ0) is 7.84. The number of nitrogens with zero attached hydrogens (tertiary/aromatic N) is 2. The molecular weight excluding hydrogens is 136 g/mol. The van der Waals surface area contributed by atoms with Gasteiger partial charge >= 0.3 is 0 Å². The van der Waals surface area contributed by atoms with E-state index in [0.29, 0.717) is 0 Å². The van der Waals surface area contributed by atoms with E-state index in [-0.39, 0.29) is 0 Å². The molecule has 0 saturated carbocycles. The van der Waals surface area contributed by atoms with Crippen molar-refractivity contribution in [3.63, 3.8) is 0 Å². The molecule has 2 nitrogen and oxygen atoms in total. The molecule has 2 saturated heterocycles. The van der Waals surface area contributed by atoms with Crippen molar-refractivity contribution in [1.82, 2.24) is 9.80 Å². The van der Waals surface area contributed by atoms with Gasteiger partial charge in [0.2, 0.25) is 0 Å². The van der Waals surface area contributed by atoms with Gasteiger partial charge in [-0.2, -0.15) is 0 Å². The van der Waals surface area contributed by atoms with Crippen LogP contribution in [-0.4, -0.2) is 42.1 Å². The Labute approximate surface area is 69.2 Å². The van der Waals surface area contributed by atoms with Crippen LogP contribution in [0.5, 0.6) is 0 Å². The zero-order valence-electron chi connectivity index (χ0n) is 7.58. The number of rotatable bonds is 0. The third kappa shape index (κ3) is 1.18. The number of hydrogen-bond acceptors (Lipinski definition) is 2. The van der Waals surface area contributed by atoms with Crippen molar-refractivity contribution >= 4 is 0 Å². The third-order valence-corrected chi connectivity index (χ3v) is 3.24. The minimum Gasteiger partial charge on any atom is -0.287 e. The first-order chi connectivity index (χ1) is 5.29. The molecule has 2 heteroatoms. The van der Waals surface area contributed by atoms with Crippen molar-refractivity contribution in [1.29, 1.82) is 0 Å². The number of hydrogen-bond donors (Lipinski definition) is 0. The summed E-state index contributed by atoms with van der Waals surface area (Å²) in [5.41, 5.74) is 0. The fourth-order valence-corrected chi connectivity index (χ4v) is 2.41. The van der Waals surface area contributed by atoms with Crippen LogP contribution in [0.4, 0.5) is 0 Å². The predicted octanol–water partition coefficient (Wildman–Crippen LogP) is 1.13. The zero-order valence-corrected chi connectivity index (χ0v) is 7.58. The highest BCUT2D eigenvalue weighted by molar-refractivity contribution is 4.87. The molecule has 2 fully saturated rings. The van der Waals surface area contributed by atoms with Crippen LogP contribution in [0.15, 0.2) is 0 Å². The molecule has 2 aliphatic heterocycles. The molecule has 0 aromatic carbocycles. The Morgan fingerprint density at radius 3 is 2.82 bits per heavy atom. The molecule has 0 radical (unpaired) electrons. The maximum atomic E-state index is 2.63. The monoisotopic (exact) mass is 154 g/mol. The summed E-state index contributed by atoms with van der Waals surface area (Å²) in [5.74, 6) is 0. The maximum Gasteiger partial charge on any atom is 0.0623 e. The van der Waals surface area contributed by atoms with E-state index in [1.807, 2.05) is 0 Å². The minimum absolute atomic E-state index is 0.776. The SMILES string of the molecule is CC1CN2CCCCC2N1C. The Morgan fingerprint density at radius 2 is 2.09 bits per heavy atom. The van der Waals surface area contributed by atoms with Crippen LogP contribution in [0.3, 0.4) is 0 Å². The highest BCUT2D eigenvalue weighted by Gasteiger charge is 2.35. The van der Waals surface area contributed by atoms with Crippen LogP contribution in [0.1, 0.15) is 26.2 Å². The third-order valence-electron chi connectivity index (χ3n) is 3.24. The summed E-state index contributed by atoms with van der Waals surface area (Å²) < 4.78 is 0. The predicted molar refractivity (Wildman–Crippen MR) is 46.4 cm³/mol. The second-order valence-corrected chi connectivity index (χ2v) is 3.99. The van der Waals surface area contributed by atoms with Crippen LogP contribution in [0.2, 0.25) is 0 Å². The summed E-state index contributed by atoms with van der Waals surface area (Å²) in [7, 11) is 2.26. The molecular formula is C9H18N2. The fraction of sp³-hybridized carbons (Fsp3) is 1.00. The van der Waals surface area contributed by atoms with Crippen LogP contribution < -0.4 is 0 Å². The van der Waals surface area contributed by atoms with Gasteiger partial charge in [0.05, 0.1) is 6.17 Å². The normalized spacial score (nSPS) is 40.9. The van der Waals surface area contributed by atoms with Gasteiger partial charge in [-0.05, 0) is 39.8 Å². The van der Waals surface area contributed by atoms with Gasteiger partial charge in [-0.1, -0.05) is 0 Å².